The number of benzene rings is 1. The first-order valence-electron chi connectivity index (χ1n) is 8.50. The Morgan fingerprint density at radius 3 is 3.09 bits per heavy atom. The lowest BCUT2D eigenvalue weighted by Crippen LogP contribution is -2.46. The van der Waals surface area contributed by atoms with Crippen LogP contribution in [0, 0.1) is 6.92 Å². The molecule has 5 nitrogen and oxygen atoms in total. The molecule has 0 bridgehead atoms. The van der Waals surface area contributed by atoms with Gasteiger partial charge in [0.2, 0.25) is 5.91 Å². The summed E-state index contributed by atoms with van der Waals surface area (Å²) in [6, 6.07) is 8.22. The molecule has 5 heteroatoms. The number of nitrogens with zero attached hydrogens (tertiary/aromatic N) is 1. The minimum absolute atomic E-state index is 0.0303. The number of ether oxygens (including phenoxy) is 1. The molecule has 1 saturated heterocycles. The average Bonchev–Trinajstić information content (AvgIpc) is 2.54. The zero-order valence-corrected chi connectivity index (χ0v) is 14.0. The normalized spacial score (nSPS) is 18.6. The van der Waals surface area contributed by atoms with Crippen molar-refractivity contribution in [3.8, 4) is 5.75 Å². The molecule has 1 unspecified atom stereocenters. The molecule has 0 radical (unpaired) electrons. The summed E-state index contributed by atoms with van der Waals surface area (Å²) in [5, 5.41) is 12.0. The molecule has 2 N–H and O–H groups in total. The highest BCUT2D eigenvalue weighted by atomic mass is 16.5. The highest BCUT2D eigenvalue weighted by molar-refractivity contribution is 5.78. The Balaban J connectivity index is 1.66. The first-order valence-corrected chi connectivity index (χ1v) is 8.50. The Bertz CT molecular complexity index is 491. The Kier molecular flexibility index (Phi) is 7.36. The van der Waals surface area contributed by atoms with Gasteiger partial charge in [-0.1, -0.05) is 18.6 Å². The summed E-state index contributed by atoms with van der Waals surface area (Å²) in [6.07, 6.45) is 4.15. The summed E-state index contributed by atoms with van der Waals surface area (Å²) < 4.78 is 5.63. The van der Waals surface area contributed by atoms with Crippen LogP contribution in [0.4, 0.5) is 0 Å². The lowest BCUT2D eigenvalue weighted by molar-refractivity contribution is -0.123. The molecule has 1 heterocycles. The van der Waals surface area contributed by atoms with Crippen LogP contribution < -0.4 is 10.1 Å². The number of hydrogen-bond donors (Lipinski definition) is 2. The van der Waals surface area contributed by atoms with E-state index in [4.69, 9.17) is 9.84 Å². The van der Waals surface area contributed by atoms with Crippen LogP contribution in [0.2, 0.25) is 0 Å². The fraction of sp³-hybridized carbons (Fsp3) is 0.611. The molecule has 0 aliphatic carbocycles. The monoisotopic (exact) mass is 320 g/mol. The number of rotatable bonds is 8. The topological polar surface area (TPSA) is 61.8 Å². The maximum Gasteiger partial charge on any atom is 0.234 e. The fourth-order valence-corrected chi connectivity index (χ4v) is 3.05. The van der Waals surface area contributed by atoms with Crippen molar-refractivity contribution >= 4 is 5.91 Å². The Hall–Kier alpha value is -1.59. The van der Waals surface area contributed by atoms with E-state index in [2.05, 4.69) is 10.2 Å². The van der Waals surface area contributed by atoms with Crippen molar-refractivity contribution in [2.45, 2.75) is 38.6 Å². The Morgan fingerprint density at radius 1 is 1.43 bits per heavy atom. The van der Waals surface area contributed by atoms with E-state index in [0.717, 1.165) is 37.1 Å². The maximum absolute atomic E-state index is 12.1. The van der Waals surface area contributed by atoms with Crippen molar-refractivity contribution in [3.63, 3.8) is 0 Å². The summed E-state index contributed by atoms with van der Waals surface area (Å²) in [5.41, 5.74) is 1.16. The molecule has 0 saturated carbocycles. The van der Waals surface area contributed by atoms with E-state index < -0.39 is 0 Å². The van der Waals surface area contributed by atoms with Gasteiger partial charge in [0.05, 0.1) is 13.1 Å². The van der Waals surface area contributed by atoms with Crippen LogP contribution in [0.3, 0.4) is 0 Å². The standard InChI is InChI=1S/C18H28N2O3/c1-15-5-4-7-17(13-15)23-12-9-19-18(22)14-20-10-3-2-6-16(20)8-11-21/h4-5,7,13,16,21H,2-3,6,8-12,14H2,1H3,(H,19,22). The number of carbonyl (C=O) groups excluding carboxylic acids is 1. The summed E-state index contributed by atoms with van der Waals surface area (Å²) in [6.45, 7) is 4.54. The van der Waals surface area contributed by atoms with E-state index in [1.807, 2.05) is 31.2 Å². The molecule has 1 amide bonds. The predicted molar refractivity (Wildman–Crippen MR) is 90.6 cm³/mol. The van der Waals surface area contributed by atoms with Crippen LogP contribution in [0.5, 0.6) is 5.75 Å². The number of amides is 1. The number of hydrogen-bond acceptors (Lipinski definition) is 4. The molecule has 1 atom stereocenters. The zero-order chi connectivity index (χ0) is 16.5. The molecule has 1 aliphatic rings. The SMILES string of the molecule is Cc1cccc(OCCNC(=O)CN2CCCCC2CCO)c1. The second-order valence-corrected chi connectivity index (χ2v) is 6.15. The third-order valence-corrected chi connectivity index (χ3v) is 4.24. The van der Waals surface area contributed by atoms with Crippen LogP contribution in [0.25, 0.3) is 0 Å². The summed E-state index contributed by atoms with van der Waals surface area (Å²) in [7, 11) is 0. The van der Waals surface area contributed by atoms with Gasteiger partial charge in [-0.3, -0.25) is 9.69 Å². The zero-order valence-electron chi connectivity index (χ0n) is 14.0. The molecule has 1 aromatic rings. The third-order valence-electron chi connectivity index (χ3n) is 4.24. The van der Waals surface area contributed by atoms with Gasteiger partial charge in [-0.15, -0.1) is 0 Å². The predicted octanol–water partition coefficient (Wildman–Crippen LogP) is 1.73. The Morgan fingerprint density at radius 2 is 2.30 bits per heavy atom. The number of carbonyl (C=O) groups is 1. The van der Waals surface area contributed by atoms with E-state index in [-0.39, 0.29) is 12.5 Å². The highest BCUT2D eigenvalue weighted by Gasteiger charge is 2.23. The van der Waals surface area contributed by atoms with Crippen LogP contribution in [0.1, 0.15) is 31.2 Å². The van der Waals surface area contributed by atoms with Crippen molar-refractivity contribution in [3.05, 3.63) is 29.8 Å². The number of aryl methyl sites for hydroxylation is 1. The lowest BCUT2D eigenvalue weighted by Gasteiger charge is -2.34. The van der Waals surface area contributed by atoms with Gasteiger partial charge >= 0.3 is 0 Å². The van der Waals surface area contributed by atoms with Crippen LogP contribution in [-0.4, -0.2) is 54.8 Å². The number of piperidine rings is 1. The van der Waals surface area contributed by atoms with E-state index in [1.54, 1.807) is 0 Å². The number of aliphatic hydroxyl groups is 1. The number of nitrogens with one attached hydrogen (secondary N) is 1. The second kappa shape index (κ2) is 9.53. The van der Waals surface area contributed by atoms with Crippen LogP contribution >= 0.6 is 0 Å². The first kappa shape index (κ1) is 17.8. The van der Waals surface area contributed by atoms with E-state index in [0.29, 0.717) is 25.7 Å². The molecule has 0 aromatic heterocycles. The smallest absolute Gasteiger partial charge is 0.234 e. The van der Waals surface area contributed by atoms with Gasteiger partial charge in [0.25, 0.3) is 0 Å². The summed E-state index contributed by atoms with van der Waals surface area (Å²) in [4.78, 5) is 14.2. The van der Waals surface area contributed by atoms with Gasteiger partial charge < -0.3 is 15.2 Å². The minimum Gasteiger partial charge on any atom is -0.492 e. The highest BCUT2D eigenvalue weighted by Crippen LogP contribution is 2.18. The fourth-order valence-electron chi connectivity index (χ4n) is 3.05. The first-order chi connectivity index (χ1) is 11.2. The molecule has 1 fully saturated rings. The van der Waals surface area contributed by atoms with Gasteiger partial charge in [0.15, 0.2) is 0 Å². The van der Waals surface area contributed by atoms with Crippen molar-refractivity contribution in [2.24, 2.45) is 0 Å². The van der Waals surface area contributed by atoms with Crippen LogP contribution in [0.15, 0.2) is 24.3 Å². The number of likely N-dealkylation sites (tertiary alicyclic amines) is 1. The Labute approximate surface area is 138 Å². The minimum atomic E-state index is 0.0303. The van der Waals surface area contributed by atoms with Gasteiger partial charge in [-0.05, 0) is 50.4 Å². The quantitative estimate of drug-likeness (QED) is 0.716. The van der Waals surface area contributed by atoms with Crippen molar-refractivity contribution in [1.29, 1.82) is 0 Å². The molecule has 1 aromatic carbocycles. The van der Waals surface area contributed by atoms with E-state index in [9.17, 15) is 4.79 Å². The maximum atomic E-state index is 12.1. The van der Waals surface area contributed by atoms with E-state index in [1.165, 1.54) is 6.42 Å². The third kappa shape index (κ3) is 6.20. The van der Waals surface area contributed by atoms with Crippen molar-refractivity contribution in [2.75, 3.05) is 32.8 Å². The van der Waals surface area contributed by atoms with Gasteiger partial charge in [0, 0.05) is 12.6 Å². The molecular weight excluding hydrogens is 292 g/mol. The molecule has 0 spiro atoms. The molecule has 2 rings (SSSR count). The number of aliphatic hydroxyl groups excluding tert-OH is 1. The van der Waals surface area contributed by atoms with Gasteiger partial charge in [0.1, 0.15) is 12.4 Å². The average molecular weight is 320 g/mol. The molecular formula is C18H28N2O3. The second-order valence-electron chi connectivity index (χ2n) is 6.15. The van der Waals surface area contributed by atoms with Gasteiger partial charge in [-0.25, -0.2) is 0 Å². The van der Waals surface area contributed by atoms with Gasteiger partial charge in [-0.2, -0.15) is 0 Å². The van der Waals surface area contributed by atoms with Crippen molar-refractivity contribution in [1.82, 2.24) is 10.2 Å². The summed E-state index contributed by atoms with van der Waals surface area (Å²) in [5.74, 6) is 0.862. The van der Waals surface area contributed by atoms with E-state index >= 15 is 0 Å². The summed E-state index contributed by atoms with van der Waals surface area (Å²) >= 11 is 0. The molecule has 23 heavy (non-hydrogen) atoms. The van der Waals surface area contributed by atoms with Crippen LogP contribution in [-0.2, 0) is 4.79 Å². The molecule has 128 valence electrons. The lowest BCUT2D eigenvalue weighted by atomic mass is 10.00. The molecule has 1 aliphatic heterocycles. The van der Waals surface area contributed by atoms with Crippen molar-refractivity contribution < 1.29 is 14.6 Å². The largest absolute Gasteiger partial charge is 0.492 e.